The van der Waals surface area contributed by atoms with Gasteiger partial charge in [0.2, 0.25) is 0 Å². The molecule has 0 aliphatic rings. The molecule has 0 amide bonds. The third-order valence-electron chi connectivity index (χ3n) is 0. The van der Waals surface area contributed by atoms with E-state index in [1.165, 1.54) is 0 Å². The zero-order chi connectivity index (χ0) is 0. The van der Waals surface area contributed by atoms with E-state index in [2.05, 4.69) is 0 Å². The summed E-state index contributed by atoms with van der Waals surface area (Å²) in [5.74, 6) is 0. The Morgan fingerprint density at radius 2 is 0.500 bits per heavy atom. The first kappa shape index (κ1) is 27.4. The Bertz CT molecular complexity index is 3.25. The molecule has 0 aromatic heterocycles. The number of hydrogen-bond acceptors (Lipinski definition) is 0. The van der Waals surface area contributed by atoms with E-state index in [0.29, 0.717) is 0 Å². The van der Waals surface area contributed by atoms with Crippen LogP contribution >= 0.6 is 0 Å². The topological polar surface area (TPSA) is 0 Å². The molecule has 0 aliphatic heterocycles. The molecule has 0 bridgehead atoms. The van der Waals surface area contributed by atoms with Gasteiger partial charge in [-0.05, 0) is 0 Å². The van der Waals surface area contributed by atoms with Crippen molar-refractivity contribution < 1.29 is 46.9 Å². The van der Waals surface area contributed by atoms with Crippen molar-refractivity contribution in [1.29, 1.82) is 0 Å². The largest absolute Gasteiger partial charge is 0.187 e. The van der Waals surface area contributed by atoms with Crippen LogP contribution in [0.4, 0.5) is 0 Å². The summed E-state index contributed by atoms with van der Waals surface area (Å²) in [5.41, 5.74) is 0. The van der Waals surface area contributed by atoms with Gasteiger partial charge < -0.3 is 0 Å². The Labute approximate surface area is 96.7 Å². The molecule has 0 atom stereocenters. The Balaban J connectivity index is 0. The van der Waals surface area contributed by atoms with Crippen LogP contribution in [0.25, 0.3) is 0 Å². The van der Waals surface area contributed by atoms with Crippen molar-refractivity contribution in [2.45, 2.75) is 0 Å². The minimum absolute atomic E-state index is 0. The fourth-order valence-corrected chi connectivity index (χ4v) is 0. The van der Waals surface area contributed by atoms with Gasteiger partial charge >= 0.3 is 0 Å². The summed E-state index contributed by atoms with van der Waals surface area (Å²) >= 11 is 0. The van der Waals surface area contributed by atoms with Gasteiger partial charge in [0.25, 0.3) is 0 Å². The van der Waals surface area contributed by atoms with Crippen LogP contribution in [0.2, 0.25) is 0 Å². The maximum atomic E-state index is 0. The second kappa shape index (κ2) is 16.5. The predicted molar refractivity (Wildman–Crippen MR) is 29.8 cm³/mol. The average molecular weight is 263 g/mol. The van der Waals surface area contributed by atoms with Crippen molar-refractivity contribution >= 4 is 52.1 Å². The SMILES string of the molecule is [AlH3].[AlH3].[AlH3].[Yb]. The standard InChI is InChI=1S/3Al.Yb.9H. The van der Waals surface area contributed by atoms with Crippen molar-refractivity contribution in [1.82, 2.24) is 0 Å². The normalized spacial score (nSPS) is 0. The first-order chi connectivity index (χ1) is 0. The van der Waals surface area contributed by atoms with E-state index < -0.39 is 0 Å². The Morgan fingerprint density at radius 3 is 0.500 bits per heavy atom. The quantitative estimate of drug-likeness (QED) is 0.397. The first-order valence-corrected chi connectivity index (χ1v) is 0. The van der Waals surface area contributed by atoms with Crippen LogP contribution in [-0.2, 0) is 0 Å². The zero-order valence-corrected chi connectivity index (χ0v) is 1.98. The van der Waals surface area contributed by atoms with Crippen molar-refractivity contribution in [3.8, 4) is 0 Å². The summed E-state index contributed by atoms with van der Waals surface area (Å²) in [6, 6.07) is 0. The van der Waals surface area contributed by atoms with E-state index in [-0.39, 0.29) is 99.0 Å². The summed E-state index contributed by atoms with van der Waals surface area (Å²) in [6.07, 6.45) is 0. The second-order valence-electron chi connectivity index (χ2n) is 0. The van der Waals surface area contributed by atoms with Crippen molar-refractivity contribution in [3.05, 3.63) is 0 Å². The molecule has 4 heteroatoms. The third-order valence-corrected chi connectivity index (χ3v) is 0. The summed E-state index contributed by atoms with van der Waals surface area (Å²) < 4.78 is 0. The van der Waals surface area contributed by atoms with E-state index in [1.54, 1.807) is 0 Å². The molecule has 0 fully saturated rings. The maximum absolute atomic E-state index is 0. The van der Waals surface area contributed by atoms with Crippen molar-refractivity contribution in [2.75, 3.05) is 0 Å². The van der Waals surface area contributed by atoms with Gasteiger partial charge in [-0.2, -0.15) is 0 Å². The van der Waals surface area contributed by atoms with E-state index in [1.807, 2.05) is 0 Å². The molecule has 0 radical (unpaired) electrons. The molecule has 0 spiro atoms. The number of rotatable bonds is 0. The van der Waals surface area contributed by atoms with E-state index in [0.717, 1.165) is 0 Å². The fourth-order valence-electron chi connectivity index (χ4n) is 0. The number of hydrogen-bond donors (Lipinski definition) is 0. The molecule has 0 aromatic carbocycles. The molecular weight excluding hydrogens is 254 g/mol. The molecular formula is H9Al3Yb. The van der Waals surface area contributed by atoms with Crippen LogP contribution in [0.15, 0.2) is 0 Å². The van der Waals surface area contributed by atoms with Crippen LogP contribution in [0, 0.1) is 46.9 Å². The molecule has 0 N–H and O–H groups in total. The van der Waals surface area contributed by atoms with Gasteiger partial charge in [0.05, 0.1) is 0 Å². The van der Waals surface area contributed by atoms with Crippen LogP contribution in [0.5, 0.6) is 0 Å². The van der Waals surface area contributed by atoms with Crippen molar-refractivity contribution in [2.24, 2.45) is 0 Å². The fraction of sp³-hybridized carbons (Fsp3) is 0. The second-order valence-corrected chi connectivity index (χ2v) is 0. The first-order valence-electron chi connectivity index (χ1n) is 0. The Morgan fingerprint density at radius 1 is 0.500 bits per heavy atom. The molecule has 0 unspecified atom stereocenters. The molecule has 0 saturated carbocycles. The molecule has 0 rings (SSSR count). The Hall–Kier alpha value is 3.12. The summed E-state index contributed by atoms with van der Waals surface area (Å²) in [4.78, 5) is 0. The summed E-state index contributed by atoms with van der Waals surface area (Å²) in [6.45, 7) is 0. The van der Waals surface area contributed by atoms with Gasteiger partial charge in [-0.25, -0.2) is 0 Å². The van der Waals surface area contributed by atoms with Crippen molar-refractivity contribution in [3.63, 3.8) is 0 Å². The van der Waals surface area contributed by atoms with Gasteiger partial charge in [0.15, 0.2) is 52.1 Å². The summed E-state index contributed by atoms with van der Waals surface area (Å²) in [5, 5.41) is 0. The predicted octanol–water partition coefficient (Wildman–Crippen LogP) is -3.55. The van der Waals surface area contributed by atoms with Gasteiger partial charge in [-0.15, -0.1) is 0 Å². The van der Waals surface area contributed by atoms with Crippen LogP contribution in [0.3, 0.4) is 0 Å². The Kier molecular flexibility index (Phi) is 113. The molecule has 0 aromatic rings. The maximum Gasteiger partial charge on any atom is 0.187 e. The van der Waals surface area contributed by atoms with E-state index in [4.69, 9.17) is 0 Å². The third kappa shape index (κ3) is 8.93. The molecule has 32 valence electrons. The molecule has 0 heterocycles. The van der Waals surface area contributed by atoms with E-state index in [9.17, 15) is 0 Å². The average Bonchev–Trinajstić information content (AvgIpc) is 0. The van der Waals surface area contributed by atoms with Crippen LogP contribution in [0.1, 0.15) is 0 Å². The van der Waals surface area contributed by atoms with Gasteiger partial charge in [-0.3, -0.25) is 0 Å². The zero-order valence-electron chi connectivity index (χ0n) is 0.267. The van der Waals surface area contributed by atoms with Crippen LogP contribution in [-0.4, -0.2) is 52.1 Å². The van der Waals surface area contributed by atoms with Crippen LogP contribution < -0.4 is 0 Å². The van der Waals surface area contributed by atoms with E-state index >= 15 is 0 Å². The van der Waals surface area contributed by atoms with Gasteiger partial charge in [0, 0.05) is 46.9 Å². The molecule has 0 saturated heterocycles. The molecule has 0 nitrogen and oxygen atoms in total. The molecule has 0 aliphatic carbocycles. The van der Waals surface area contributed by atoms with Gasteiger partial charge in [-0.1, -0.05) is 0 Å². The molecule has 4 heavy (non-hydrogen) atoms. The minimum Gasteiger partial charge on any atom is 0 e. The smallest absolute Gasteiger partial charge is 0 e. The van der Waals surface area contributed by atoms with Gasteiger partial charge in [0.1, 0.15) is 0 Å². The summed E-state index contributed by atoms with van der Waals surface area (Å²) in [7, 11) is 0. The minimum atomic E-state index is 0. The monoisotopic (exact) mass is 264 g/mol.